The maximum Gasteiger partial charge on any atom is 0.271 e. The van der Waals surface area contributed by atoms with Gasteiger partial charge in [0.2, 0.25) is 0 Å². The van der Waals surface area contributed by atoms with Gasteiger partial charge in [-0.3, -0.25) is 10.1 Å². The second kappa shape index (κ2) is 5.46. The molecule has 2 rings (SSSR count). The molecular formula is C11H10Br3NO3. The predicted molar refractivity (Wildman–Crippen MR) is 79.5 cm³/mol. The summed E-state index contributed by atoms with van der Waals surface area (Å²) in [6.45, 7) is 0.618. The second-order valence-corrected chi connectivity index (χ2v) is 6.69. The molecule has 0 saturated heterocycles. The molecule has 0 aromatic heterocycles. The van der Waals surface area contributed by atoms with Crippen LogP contribution in [-0.2, 0) is 0 Å². The molecule has 0 radical (unpaired) electrons. The van der Waals surface area contributed by atoms with Gasteiger partial charge in [0, 0.05) is 22.9 Å². The highest BCUT2D eigenvalue weighted by molar-refractivity contribution is 9.11. The molecule has 1 aromatic carbocycles. The van der Waals surface area contributed by atoms with Gasteiger partial charge in [0.1, 0.15) is 5.75 Å². The van der Waals surface area contributed by atoms with Gasteiger partial charge in [0.05, 0.1) is 20.5 Å². The van der Waals surface area contributed by atoms with Crippen molar-refractivity contribution in [1.82, 2.24) is 0 Å². The first-order valence-electron chi connectivity index (χ1n) is 5.30. The minimum atomic E-state index is -0.430. The maximum atomic E-state index is 10.7. The summed E-state index contributed by atoms with van der Waals surface area (Å²) in [6.07, 6.45) is 2.31. The van der Waals surface area contributed by atoms with Crippen molar-refractivity contribution in [2.24, 2.45) is 5.41 Å². The normalized spacial score (nSPS) is 16.4. The zero-order chi connectivity index (χ0) is 13.3. The summed E-state index contributed by atoms with van der Waals surface area (Å²) < 4.78 is 6.96. The topological polar surface area (TPSA) is 52.4 Å². The molecule has 1 saturated carbocycles. The summed E-state index contributed by atoms with van der Waals surface area (Å²) >= 11 is 10.1. The van der Waals surface area contributed by atoms with E-state index >= 15 is 0 Å². The number of benzene rings is 1. The van der Waals surface area contributed by atoms with Crippen LogP contribution in [0.1, 0.15) is 12.8 Å². The van der Waals surface area contributed by atoms with Gasteiger partial charge in [0.25, 0.3) is 5.69 Å². The van der Waals surface area contributed by atoms with Crippen molar-refractivity contribution in [2.45, 2.75) is 12.8 Å². The molecule has 0 atom stereocenters. The Morgan fingerprint density at radius 1 is 1.33 bits per heavy atom. The highest BCUT2D eigenvalue weighted by Crippen LogP contribution is 2.48. The van der Waals surface area contributed by atoms with Crippen molar-refractivity contribution in [1.29, 1.82) is 0 Å². The van der Waals surface area contributed by atoms with Gasteiger partial charge >= 0.3 is 0 Å². The Hall–Kier alpha value is -0.140. The Kier molecular flexibility index (Phi) is 4.33. The zero-order valence-corrected chi connectivity index (χ0v) is 14.0. The van der Waals surface area contributed by atoms with Crippen LogP contribution in [0.25, 0.3) is 0 Å². The third-order valence-electron chi connectivity index (χ3n) is 2.96. The van der Waals surface area contributed by atoms with Crippen LogP contribution in [0.15, 0.2) is 21.1 Å². The first kappa shape index (κ1) is 14.3. The van der Waals surface area contributed by atoms with Crippen molar-refractivity contribution in [3.8, 4) is 5.75 Å². The average molecular weight is 444 g/mol. The summed E-state index contributed by atoms with van der Waals surface area (Å²) in [5.74, 6) is 0.618. The van der Waals surface area contributed by atoms with E-state index in [1.807, 2.05) is 0 Å². The van der Waals surface area contributed by atoms with E-state index < -0.39 is 4.92 Å². The molecule has 1 aliphatic carbocycles. The number of hydrogen-bond donors (Lipinski definition) is 0. The molecule has 0 spiro atoms. The lowest BCUT2D eigenvalue weighted by molar-refractivity contribution is -0.385. The monoisotopic (exact) mass is 441 g/mol. The molecule has 0 unspecified atom stereocenters. The van der Waals surface area contributed by atoms with E-state index in [0.717, 1.165) is 18.2 Å². The molecule has 1 aromatic rings. The zero-order valence-electron chi connectivity index (χ0n) is 9.29. The number of nitrogens with zero attached hydrogens (tertiary/aromatic N) is 1. The third-order valence-corrected chi connectivity index (χ3v) is 5.32. The molecule has 7 heteroatoms. The summed E-state index contributed by atoms with van der Waals surface area (Å²) in [5, 5.41) is 11.6. The van der Waals surface area contributed by atoms with Crippen LogP contribution in [0, 0.1) is 15.5 Å². The third kappa shape index (κ3) is 3.05. The highest BCUT2D eigenvalue weighted by Gasteiger charge is 2.42. The molecule has 18 heavy (non-hydrogen) atoms. The van der Waals surface area contributed by atoms with Crippen molar-refractivity contribution in [3.63, 3.8) is 0 Å². The number of halogens is 3. The van der Waals surface area contributed by atoms with E-state index in [1.54, 1.807) is 0 Å². The summed E-state index contributed by atoms with van der Waals surface area (Å²) in [4.78, 5) is 10.3. The van der Waals surface area contributed by atoms with Gasteiger partial charge < -0.3 is 4.74 Å². The Bertz CT molecular complexity index is 465. The Labute approximate surface area is 130 Å². The van der Waals surface area contributed by atoms with E-state index in [9.17, 15) is 10.1 Å². The van der Waals surface area contributed by atoms with Gasteiger partial charge in [0.15, 0.2) is 0 Å². The average Bonchev–Trinajstić information content (AvgIpc) is 3.08. The van der Waals surface area contributed by atoms with Crippen molar-refractivity contribution in [2.75, 3.05) is 11.9 Å². The molecule has 98 valence electrons. The first-order chi connectivity index (χ1) is 8.47. The predicted octanol–water partition coefficient (Wildman–Crippen LogP) is 4.67. The number of nitro benzene ring substituents is 1. The first-order valence-corrected chi connectivity index (χ1v) is 8.00. The number of rotatable bonds is 5. The van der Waals surface area contributed by atoms with Crippen LogP contribution in [0.3, 0.4) is 0 Å². The molecule has 0 bridgehead atoms. The van der Waals surface area contributed by atoms with Gasteiger partial charge in [-0.1, -0.05) is 15.9 Å². The second-order valence-electron chi connectivity index (χ2n) is 4.42. The fourth-order valence-corrected chi connectivity index (χ4v) is 3.62. The van der Waals surface area contributed by atoms with Gasteiger partial charge in [-0.15, -0.1) is 0 Å². The number of alkyl halides is 1. The quantitative estimate of drug-likeness (QED) is 0.377. The summed E-state index contributed by atoms with van der Waals surface area (Å²) in [7, 11) is 0. The van der Waals surface area contributed by atoms with Crippen molar-refractivity contribution >= 4 is 53.5 Å². The summed E-state index contributed by atoms with van der Waals surface area (Å²) in [5.41, 5.74) is 0.267. The fourth-order valence-electron chi connectivity index (χ4n) is 1.51. The number of nitro groups is 1. The van der Waals surface area contributed by atoms with Crippen molar-refractivity contribution in [3.05, 3.63) is 31.2 Å². The Balaban J connectivity index is 2.15. The molecule has 0 aliphatic heterocycles. The molecular weight excluding hydrogens is 434 g/mol. The van der Waals surface area contributed by atoms with Crippen LogP contribution in [0.5, 0.6) is 5.75 Å². The van der Waals surface area contributed by atoms with Gasteiger partial charge in [-0.25, -0.2) is 0 Å². The summed E-state index contributed by atoms with van der Waals surface area (Å²) in [6, 6.07) is 2.90. The molecule has 0 amide bonds. The molecule has 0 N–H and O–H groups in total. The SMILES string of the molecule is O=[N+]([O-])c1cc(Br)c(OCC2(CBr)CC2)c(Br)c1. The number of hydrogen-bond acceptors (Lipinski definition) is 3. The van der Waals surface area contributed by atoms with E-state index in [-0.39, 0.29) is 11.1 Å². The fraction of sp³-hybridized carbons (Fsp3) is 0.455. The largest absolute Gasteiger partial charge is 0.491 e. The van der Waals surface area contributed by atoms with Crippen LogP contribution >= 0.6 is 47.8 Å². The number of non-ortho nitro benzene ring substituents is 1. The minimum absolute atomic E-state index is 0.0303. The Morgan fingerprint density at radius 2 is 1.89 bits per heavy atom. The van der Waals surface area contributed by atoms with Gasteiger partial charge in [-0.05, 0) is 44.7 Å². The smallest absolute Gasteiger partial charge is 0.271 e. The lowest BCUT2D eigenvalue weighted by Crippen LogP contribution is -2.14. The van der Waals surface area contributed by atoms with E-state index in [0.29, 0.717) is 21.3 Å². The molecule has 4 nitrogen and oxygen atoms in total. The van der Waals surface area contributed by atoms with E-state index in [4.69, 9.17) is 4.74 Å². The van der Waals surface area contributed by atoms with E-state index in [2.05, 4.69) is 47.8 Å². The molecule has 1 aliphatic rings. The molecule has 1 fully saturated rings. The highest BCUT2D eigenvalue weighted by atomic mass is 79.9. The standard InChI is InChI=1S/C11H10Br3NO3/c12-5-11(1-2-11)6-18-10-8(13)3-7(15(16)17)4-9(10)14/h3-4H,1-2,5-6H2. The Morgan fingerprint density at radius 3 is 2.28 bits per heavy atom. The lowest BCUT2D eigenvalue weighted by Gasteiger charge is -2.15. The number of ether oxygens (including phenoxy) is 1. The van der Waals surface area contributed by atoms with Gasteiger partial charge in [-0.2, -0.15) is 0 Å². The van der Waals surface area contributed by atoms with Crippen LogP contribution in [-0.4, -0.2) is 16.9 Å². The maximum absolute atomic E-state index is 10.7. The van der Waals surface area contributed by atoms with Crippen LogP contribution in [0.2, 0.25) is 0 Å². The van der Waals surface area contributed by atoms with Crippen LogP contribution in [0.4, 0.5) is 5.69 Å². The lowest BCUT2D eigenvalue weighted by atomic mass is 10.2. The van der Waals surface area contributed by atoms with Crippen molar-refractivity contribution < 1.29 is 9.66 Å². The van der Waals surface area contributed by atoms with E-state index in [1.165, 1.54) is 12.1 Å². The van der Waals surface area contributed by atoms with Crippen LogP contribution < -0.4 is 4.74 Å². The minimum Gasteiger partial charge on any atom is -0.491 e. The molecule has 0 heterocycles.